The lowest BCUT2D eigenvalue weighted by molar-refractivity contribution is 0.0585. The van der Waals surface area contributed by atoms with Crippen LogP contribution in [0.2, 0.25) is 0 Å². The van der Waals surface area contributed by atoms with Crippen molar-refractivity contribution in [2.24, 2.45) is 0 Å². The van der Waals surface area contributed by atoms with Gasteiger partial charge in [0.05, 0.1) is 6.61 Å². The molecule has 1 saturated carbocycles. The van der Waals surface area contributed by atoms with E-state index in [1.54, 1.807) is 0 Å². The summed E-state index contributed by atoms with van der Waals surface area (Å²) in [4.78, 5) is 14.4. The predicted octanol–water partition coefficient (Wildman–Crippen LogP) is 3.06. The van der Waals surface area contributed by atoms with Gasteiger partial charge in [0.1, 0.15) is 0 Å². The van der Waals surface area contributed by atoms with E-state index in [2.05, 4.69) is 22.6 Å². The summed E-state index contributed by atoms with van der Waals surface area (Å²) in [6, 6.07) is 7.94. The zero-order chi connectivity index (χ0) is 13.7. The zero-order valence-corrected chi connectivity index (χ0v) is 13.2. The van der Waals surface area contributed by atoms with Crippen LogP contribution >= 0.6 is 22.6 Å². The van der Waals surface area contributed by atoms with E-state index >= 15 is 0 Å². The summed E-state index contributed by atoms with van der Waals surface area (Å²) in [5.74, 6) is 0.0531. The first-order chi connectivity index (χ1) is 9.22. The van der Waals surface area contributed by atoms with Gasteiger partial charge in [0, 0.05) is 21.7 Å². The van der Waals surface area contributed by atoms with Crippen molar-refractivity contribution in [2.75, 3.05) is 13.2 Å². The molecule has 1 N–H and O–H groups in total. The molecule has 1 aliphatic rings. The lowest BCUT2D eigenvalue weighted by Crippen LogP contribution is -2.43. The molecule has 3 nitrogen and oxygen atoms in total. The Bertz CT molecular complexity index is 413. The Morgan fingerprint density at radius 3 is 2.42 bits per heavy atom. The van der Waals surface area contributed by atoms with E-state index in [1.807, 2.05) is 29.2 Å². The standard InChI is InChI=1S/C15H20INO2/c16-13-8-6-12(7-9-13)15(19)17(10-11-18)14-4-2-1-3-5-14/h6-9,14,18H,1-5,10-11H2. The van der Waals surface area contributed by atoms with Crippen molar-refractivity contribution in [1.29, 1.82) is 0 Å². The molecule has 1 aliphatic carbocycles. The summed E-state index contributed by atoms with van der Waals surface area (Å²) in [5, 5.41) is 9.21. The average Bonchev–Trinajstić information content (AvgIpc) is 2.46. The minimum Gasteiger partial charge on any atom is -0.395 e. The summed E-state index contributed by atoms with van der Waals surface area (Å²) in [5.41, 5.74) is 0.722. The number of carbonyl (C=O) groups excluding carboxylic acids is 1. The van der Waals surface area contributed by atoms with Gasteiger partial charge in [0.15, 0.2) is 0 Å². The van der Waals surface area contributed by atoms with Gasteiger partial charge < -0.3 is 10.0 Å². The molecule has 1 amide bonds. The molecule has 0 spiro atoms. The van der Waals surface area contributed by atoms with Gasteiger partial charge in [0.25, 0.3) is 5.91 Å². The highest BCUT2D eigenvalue weighted by molar-refractivity contribution is 14.1. The molecule has 2 rings (SSSR count). The Balaban J connectivity index is 2.13. The summed E-state index contributed by atoms with van der Waals surface area (Å²) in [6.07, 6.45) is 5.77. The van der Waals surface area contributed by atoms with Crippen molar-refractivity contribution in [2.45, 2.75) is 38.1 Å². The molecule has 1 aromatic rings. The second kappa shape index (κ2) is 7.24. The van der Waals surface area contributed by atoms with E-state index in [0.29, 0.717) is 12.6 Å². The van der Waals surface area contributed by atoms with E-state index in [4.69, 9.17) is 0 Å². The van der Waals surface area contributed by atoms with Gasteiger partial charge in [-0.1, -0.05) is 19.3 Å². The van der Waals surface area contributed by atoms with Crippen molar-refractivity contribution >= 4 is 28.5 Å². The highest BCUT2D eigenvalue weighted by Gasteiger charge is 2.25. The number of benzene rings is 1. The van der Waals surface area contributed by atoms with Crippen molar-refractivity contribution in [3.05, 3.63) is 33.4 Å². The fraction of sp³-hybridized carbons (Fsp3) is 0.533. The maximum Gasteiger partial charge on any atom is 0.254 e. The van der Waals surface area contributed by atoms with Gasteiger partial charge in [-0.2, -0.15) is 0 Å². The van der Waals surface area contributed by atoms with Crippen molar-refractivity contribution in [3.63, 3.8) is 0 Å². The highest BCUT2D eigenvalue weighted by atomic mass is 127. The van der Waals surface area contributed by atoms with Crippen LogP contribution in [-0.2, 0) is 0 Å². The summed E-state index contributed by atoms with van der Waals surface area (Å²) >= 11 is 2.23. The van der Waals surface area contributed by atoms with Crippen LogP contribution in [-0.4, -0.2) is 35.1 Å². The van der Waals surface area contributed by atoms with E-state index in [0.717, 1.165) is 22.0 Å². The molecule has 0 atom stereocenters. The molecular formula is C15H20INO2. The van der Waals surface area contributed by atoms with E-state index < -0.39 is 0 Å². The molecule has 1 aromatic carbocycles. The molecule has 0 unspecified atom stereocenters. The third kappa shape index (κ3) is 3.92. The molecule has 0 bridgehead atoms. The number of hydrogen-bond acceptors (Lipinski definition) is 2. The fourth-order valence-corrected chi connectivity index (χ4v) is 3.07. The van der Waals surface area contributed by atoms with Crippen LogP contribution in [0.3, 0.4) is 0 Å². The molecule has 104 valence electrons. The van der Waals surface area contributed by atoms with Gasteiger partial charge >= 0.3 is 0 Å². The van der Waals surface area contributed by atoms with Crippen LogP contribution in [0, 0.1) is 3.57 Å². The average molecular weight is 373 g/mol. The Morgan fingerprint density at radius 1 is 1.21 bits per heavy atom. The maximum absolute atomic E-state index is 12.6. The van der Waals surface area contributed by atoms with Crippen LogP contribution in [0.5, 0.6) is 0 Å². The normalized spacial score (nSPS) is 16.3. The SMILES string of the molecule is O=C(c1ccc(I)cc1)N(CCO)C1CCCCC1. The third-order valence-electron chi connectivity index (χ3n) is 3.71. The van der Waals surface area contributed by atoms with Gasteiger partial charge in [-0.3, -0.25) is 4.79 Å². The number of amides is 1. The molecule has 19 heavy (non-hydrogen) atoms. The number of aliphatic hydroxyl groups is 1. The topological polar surface area (TPSA) is 40.5 Å². The number of halogens is 1. The molecule has 0 saturated heterocycles. The molecule has 0 heterocycles. The molecule has 0 aliphatic heterocycles. The summed E-state index contributed by atoms with van der Waals surface area (Å²) < 4.78 is 1.13. The molecular weight excluding hydrogens is 353 g/mol. The monoisotopic (exact) mass is 373 g/mol. The van der Waals surface area contributed by atoms with E-state index in [1.165, 1.54) is 19.3 Å². The number of rotatable bonds is 4. The second-order valence-electron chi connectivity index (χ2n) is 5.02. The largest absolute Gasteiger partial charge is 0.395 e. The first-order valence-corrected chi connectivity index (χ1v) is 7.97. The summed E-state index contributed by atoms with van der Waals surface area (Å²) in [7, 11) is 0. The molecule has 4 heteroatoms. The van der Waals surface area contributed by atoms with Crippen molar-refractivity contribution in [1.82, 2.24) is 4.90 Å². The van der Waals surface area contributed by atoms with Crippen LogP contribution in [0.1, 0.15) is 42.5 Å². The highest BCUT2D eigenvalue weighted by Crippen LogP contribution is 2.24. The number of nitrogens with zero attached hydrogens (tertiary/aromatic N) is 1. The minimum absolute atomic E-state index is 0.0343. The molecule has 0 aromatic heterocycles. The Morgan fingerprint density at radius 2 is 1.84 bits per heavy atom. The van der Waals surface area contributed by atoms with Gasteiger partial charge in [-0.25, -0.2) is 0 Å². The molecule has 1 fully saturated rings. The quantitative estimate of drug-likeness (QED) is 0.825. The van der Waals surface area contributed by atoms with Crippen molar-refractivity contribution in [3.8, 4) is 0 Å². The van der Waals surface area contributed by atoms with E-state index in [-0.39, 0.29) is 12.5 Å². The van der Waals surface area contributed by atoms with Crippen LogP contribution < -0.4 is 0 Å². The smallest absolute Gasteiger partial charge is 0.254 e. The molecule has 0 radical (unpaired) electrons. The Kier molecular flexibility index (Phi) is 5.63. The number of hydrogen-bond donors (Lipinski definition) is 1. The summed E-state index contributed by atoms with van der Waals surface area (Å²) in [6.45, 7) is 0.474. The first-order valence-electron chi connectivity index (χ1n) is 6.90. The minimum atomic E-state index is 0.0343. The first kappa shape index (κ1) is 14.8. The number of aliphatic hydroxyl groups excluding tert-OH is 1. The van der Waals surface area contributed by atoms with Gasteiger partial charge in [-0.05, 0) is 59.7 Å². The van der Waals surface area contributed by atoms with E-state index in [9.17, 15) is 9.90 Å². The predicted molar refractivity (Wildman–Crippen MR) is 84.2 cm³/mol. The van der Waals surface area contributed by atoms with Crippen LogP contribution in [0.25, 0.3) is 0 Å². The van der Waals surface area contributed by atoms with Crippen LogP contribution in [0.15, 0.2) is 24.3 Å². The lowest BCUT2D eigenvalue weighted by atomic mass is 9.93. The van der Waals surface area contributed by atoms with Crippen LogP contribution in [0.4, 0.5) is 0 Å². The Labute approximate surface area is 128 Å². The Hall–Kier alpha value is -0.620. The van der Waals surface area contributed by atoms with Gasteiger partial charge in [0.2, 0.25) is 0 Å². The lowest BCUT2D eigenvalue weighted by Gasteiger charge is -2.34. The van der Waals surface area contributed by atoms with Crippen molar-refractivity contribution < 1.29 is 9.90 Å². The third-order valence-corrected chi connectivity index (χ3v) is 4.43. The van der Waals surface area contributed by atoms with Gasteiger partial charge in [-0.15, -0.1) is 0 Å². The second-order valence-corrected chi connectivity index (χ2v) is 6.27. The number of carbonyl (C=O) groups is 1. The fourth-order valence-electron chi connectivity index (χ4n) is 2.71. The zero-order valence-electron chi connectivity index (χ0n) is 11.0. The maximum atomic E-state index is 12.6.